The Morgan fingerprint density at radius 1 is 1.11 bits per heavy atom. The highest BCUT2D eigenvalue weighted by Gasteiger charge is 2.13. The Labute approximate surface area is 121 Å². The molecule has 0 aromatic heterocycles. The third kappa shape index (κ3) is 3.04. The SMILES string of the molecule is CC(C)c1ccc(C(=O)c2cc(N)ccc2Br)cc1. The fourth-order valence-corrected chi connectivity index (χ4v) is 2.32. The van der Waals surface area contributed by atoms with Crippen molar-refractivity contribution in [2.75, 3.05) is 5.73 Å². The van der Waals surface area contributed by atoms with Gasteiger partial charge < -0.3 is 5.73 Å². The lowest BCUT2D eigenvalue weighted by atomic mass is 9.98. The molecule has 0 radical (unpaired) electrons. The lowest BCUT2D eigenvalue weighted by Gasteiger charge is -2.08. The molecular weight excluding hydrogens is 302 g/mol. The fourth-order valence-electron chi connectivity index (χ4n) is 1.89. The number of nitrogens with two attached hydrogens (primary N) is 1. The molecule has 2 N–H and O–H groups in total. The van der Waals surface area contributed by atoms with Gasteiger partial charge in [0.15, 0.2) is 5.78 Å². The largest absolute Gasteiger partial charge is 0.399 e. The van der Waals surface area contributed by atoms with Gasteiger partial charge in [0.1, 0.15) is 0 Å². The number of nitrogen functional groups attached to an aromatic ring is 1. The van der Waals surface area contributed by atoms with Crippen LogP contribution in [-0.2, 0) is 0 Å². The molecule has 2 nitrogen and oxygen atoms in total. The topological polar surface area (TPSA) is 43.1 Å². The number of hydrogen-bond acceptors (Lipinski definition) is 2. The van der Waals surface area contributed by atoms with E-state index in [1.165, 1.54) is 5.56 Å². The second-order valence-electron chi connectivity index (χ2n) is 4.85. The zero-order valence-corrected chi connectivity index (χ0v) is 12.6. The minimum absolute atomic E-state index is 0.0190. The molecule has 2 rings (SSSR count). The monoisotopic (exact) mass is 317 g/mol. The first-order valence-corrected chi connectivity index (χ1v) is 6.98. The first-order valence-electron chi connectivity index (χ1n) is 6.18. The summed E-state index contributed by atoms with van der Waals surface area (Å²) >= 11 is 3.39. The Morgan fingerprint density at radius 3 is 2.32 bits per heavy atom. The van der Waals surface area contributed by atoms with Crippen LogP contribution in [0, 0.1) is 0 Å². The van der Waals surface area contributed by atoms with Crippen LogP contribution in [0.15, 0.2) is 46.9 Å². The number of halogens is 1. The van der Waals surface area contributed by atoms with E-state index in [1.54, 1.807) is 18.2 Å². The lowest BCUT2D eigenvalue weighted by molar-refractivity contribution is 0.103. The summed E-state index contributed by atoms with van der Waals surface area (Å²) in [4.78, 5) is 12.4. The van der Waals surface area contributed by atoms with Crippen molar-refractivity contribution in [3.8, 4) is 0 Å². The maximum Gasteiger partial charge on any atom is 0.194 e. The minimum atomic E-state index is -0.0190. The third-order valence-electron chi connectivity index (χ3n) is 3.07. The molecule has 3 heteroatoms. The van der Waals surface area contributed by atoms with Gasteiger partial charge in [0.2, 0.25) is 0 Å². The standard InChI is InChI=1S/C16H16BrNO/c1-10(2)11-3-5-12(6-4-11)16(19)14-9-13(18)7-8-15(14)17/h3-10H,18H2,1-2H3. The normalized spacial score (nSPS) is 10.7. The van der Waals surface area contributed by atoms with Gasteiger partial charge in [-0.25, -0.2) is 0 Å². The van der Waals surface area contributed by atoms with Gasteiger partial charge in [-0.05, 0) is 29.7 Å². The van der Waals surface area contributed by atoms with Crippen molar-refractivity contribution in [2.24, 2.45) is 0 Å². The molecule has 0 atom stereocenters. The molecule has 98 valence electrons. The van der Waals surface area contributed by atoms with E-state index in [1.807, 2.05) is 24.3 Å². The van der Waals surface area contributed by atoms with Crippen LogP contribution in [0.1, 0.15) is 41.3 Å². The van der Waals surface area contributed by atoms with Gasteiger partial charge in [0, 0.05) is 21.3 Å². The molecule has 2 aromatic carbocycles. The van der Waals surface area contributed by atoms with Gasteiger partial charge in [0.05, 0.1) is 0 Å². The molecule has 0 unspecified atom stereocenters. The maximum absolute atomic E-state index is 12.4. The van der Waals surface area contributed by atoms with Crippen molar-refractivity contribution in [1.82, 2.24) is 0 Å². The first-order chi connectivity index (χ1) is 8.99. The molecule has 0 aliphatic heterocycles. The van der Waals surface area contributed by atoms with E-state index in [0.29, 0.717) is 22.7 Å². The third-order valence-corrected chi connectivity index (χ3v) is 3.77. The zero-order chi connectivity index (χ0) is 14.0. The number of carbonyl (C=O) groups excluding carboxylic acids is 1. The van der Waals surface area contributed by atoms with E-state index in [-0.39, 0.29) is 5.78 Å². The van der Waals surface area contributed by atoms with Crippen LogP contribution in [0.4, 0.5) is 5.69 Å². The molecule has 0 bridgehead atoms. The molecule has 0 amide bonds. The highest BCUT2D eigenvalue weighted by atomic mass is 79.9. The summed E-state index contributed by atoms with van der Waals surface area (Å²) in [6.45, 7) is 4.26. The van der Waals surface area contributed by atoms with Crippen LogP contribution < -0.4 is 5.73 Å². The quantitative estimate of drug-likeness (QED) is 0.674. The molecule has 0 aliphatic carbocycles. The number of carbonyl (C=O) groups is 1. The molecule has 0 aliphatic rings. The van der Waals surface area contributed by atoms with Gasteiger partial charge in [-0.2, -0.15) is 0 Å². The second kappa shape index (κ2) is 5.57. The van der Waals surface area contributed by atoms with Gasteiger partial charge in [-0.15, -0.1) is 0 Å². The van der Waals surface area contributed by atoms with E-state index < -0.39 is 0 Å². The molecule has 0 fully saturated rings. The van der Waals surface area contributed by atoms with Crippen molar-refractivity contribution in [1.29, 1.82) is 0 Å². The molecule has 2 aromatic rings. The van der Waals surface area contributed by atoms with Crippen LogP contribution in [0.2, 0.25) is 0 Å². The Balaban J connectivity index is 2.36. The average Bonchev–Trinajstić information content (AvgIpc) is 2.41. The molecule has 0 spiro atoms. The van der Waals surface area contributed by atoms with Crippen LogP contribution in [0.3, 0.4) is 0 Å². The summed E-state index contributed by atoms with van der Waals surface area (Å²) in [5.74, 6) is 0.442. The highest BCUT2D eigenvalue weighted by molar-refractivity contribution is 9.10. The van der Waals surface area contributed by atoms with Crippen molar-refractivity contribution < 1.29 is 4.79 Å². The fraction of sp³-hybridized carbons (Fsp3) is 0.188. The summed E-state index contributed by atoms with van der Waals surface area (Å²) in [5.41, 5.74) is 8.82. The lowest BCUT2D eigenvalue weighted by Crippen LogP contribution is -2.03. The summed E-state index contributed by atoms with van der Waals surface area (Å²) < 4.78 is 0.764. The van der Waals surface area contributed by atoms with Crippen molar-refractivity contribution in [3.05, 3.63) is 63.6 Å². The summed E-state index contributed by atoms with van der Waals surface area (Å²) in [7, 11) is 0. The van der Waals surface area contributed by atoms with Crippen molar-refractivity contribution >= 4 is 27.4 Å². The maximum atomic E-state index is 12.4. The first kappa shape index (κ1) is 13.8. The molecule has 0 saturated heterocycles. The second-order valence-corrected chi connectivity index (χ2v) is 5.70. The molecule has 19 heavy (non-hydrogen) atoms. The zero-order valence-electron chi connectivity index (χ0n) is 11.0. The summed E-state index contributed by atoms with van der Waals surface area (Å²) in [5, 5.41) is 0. The van der Waals surface area contributed by atoms with Gasteiger partial charge >= 0.3 is 0 Å². The van der Waals surface area contributed by atoms with E-state index >= 15 is 0 Å². The van der Waals surface area contributed by atoms with Crippen LogP contribution in [0.25, 0.3) is 0 Å². The van der Waals surface area contributed by atoms with Crippen LogP contribution in [-0.4, -0.2) is 5.78 Å². The van der Waals surface area contributed by atoms with Gasteiger partial charge in [0.25, 0.3) is 0 Å². The van der Waals surface area contributed by atoms with Crippen molar-refractivity contribution in [2.45, 2.75) is 19.8 Å². The van der Waals surface area contributed by atoms with E-state index in [4.69, 9.17) is 5.73 Å². The smallest absolute Gasteiger partial charge is 0.194 e. The summed E-state index contributed by atoms with van der Waals surface area (Å²) in [6, 6.07) is 13.0. The number of benzene rings is 2. The predicted octanol–water partition coefficient (Wildman–Crippen LogP) is 4.39. The van der Waals surface area contributed by atoms with E-state index in [2.05, 4.69) is 29.8 Å². The minimum Gasteiger partial charge on any atom is -0.399 e. The Kier molecular flexibility index (Phi) is 4.05. The van der Waals surface area contributed by atoms with Gasteiger partial charge in [-0.1, -0.05) is 54.0 Å². The number of anilines is 1. The Bertz CT molecular complexity index is 603. The number of rotatable bonds is 3. The summed E-state index contributed by atoms with van der Waals surface area (Å²) in [6.07, 6.45) is 0. The van der Waals surface area contributed by atoms with E-state index in [9.17, 15) is 4.79 Å². The predicted molar refractivity (Wildman–Crippen MR) is 82.5 cm³/mol. The molecular formula is C16H16BrNO. The Hall–Kier alpha value is -1.61. The number of ketones is 1. The Morgan fingerprint density at radius 2 is 1.74 bits per heavy atom. The van der Waals surface area contributed by atoms with Crippen molar-refractivity contribution in [3.63, 3.8) is 0 Å². The molecule has 0 heterocycles. The van der Waals surface area contributed by atoms with Crippen LogP contribution >= 0.6 is 15.9 Å². The molecule has 0 saturated carbocycles. The van der Waals surface area contributed by atoms with E-state index in [0.717, 1.165) is 4.47 Å². The average molecular weight is 318 g/mol. The number of hydrogen-bond donors (Lipinski definition) is 1. The highest BCUT2D eigenvalue weighted by Crippen LogP contribution is 2.23. The van der Waals surface area contributed by atoms with Gasteiger partial charge in [-0.3, -0.25) is 4.79 Å². The van der Waals surface area contributed by atoms with Crippen LogP contribution in [0.5, 0.6) is 0 Å².